The minimum atomic E-state index is -0.155. The molecule has 0 saturated carbocycles. The zero-order valence-electron chi connectivity index (χ0n) is 18.0. The summed E-state index contributed by atoms with van der Waals surface area (Å²) in [6.07, 6.45) is 3.57. The van der Waals surface area contributed by atoms with Crippen LogP contribution in [0.1, 0.15) is 49.7 Å². The first-order valence-corrected chi connectivity index (χ1v) is 10.7. The smallest absolute Gasteiger partial charge is 0.287 e. The molecule has 0 aliphatic carbocycles. The summed E-state index contributed by atoms with van der Waals surface area (Å²) in [5.41, 5.74) is 0.859. The average Bonchev–Trinajstić information content (AvgIpc) is 3.33. The van der Waals surface area contributed by atoms with Gasteiger partial charge < -0.3 is 24.9 Å². The highest BCUT2D eigenvalue weighted by Crippen LogP contribution is 2.17. The lowest BCUT2D eigenvalue weighted by molar-refractivity contribution is 0.0925. The van der Waals surface area contributed by atoms with Crippen molar-refractivity contribution in [3.8, 4) is 0 Å². The van der Waals surface area contributed by atoms with Gasteiger partial charge in [0.2, 0.25) is 0 Å². The number of aryl methyl sites for hydroxylation is 1. The van der Waals surface area contributed by atoms with E-state index in [-0.39, 0.29) is 5.91 Å². The molecule has 2 heterocycles. The lowest BCUT2D eigenvalue weighted by Gasteiger charge is -2.24. The third-order valence-corrected chi connectivity index (χ3v) is 5.28. The van der Waals surface area contributed by atoms with E-state index in [2.05, 4.69) is 41.2 Å². The summed E-state index contributed by atoms with van der Waals surface area (Å²) in [4.78, 5) is 21.7. The van der Waals surface area contributed by atoms with Crippen LogP contribution in [0.3, 0.4) is 0 Å². The molecule has 1 saturated heterocycles. The van der Waals surface area contributed by atoms with E-state index in [1.54, 1.807) is 12.3 Å². The summed E-state index contributed by atoms with van der Waals surface area (Å²) < 4.78 is 5.21. The number of hydrogen-bond donors (Lipinski definition) is 2. The molecular weight excluding hydrogens is 354 g/mol. The second kappa shape index (κ2) is 11.7. The molecule has 28 heavy (non-hydrogen) atoms. The third-order valence-electron chi connectivity index (χ3n) is 5.28. The molecule has 1 aromatic rings. The predicted molar refractivity (Wildman–Crippen MR) is 114 cm³/mol. The largest absolute Gasteiger partial charge is 0.459 e. The van der Waals surface area contributed by atoms with Crippen LogP contribution in [0, 0.1) is 12.8 Å². The van der Waals surface area contributed by atoms with Crippen molar-refractivity contribution in [2.45, 2.75) is 40.5 Å². The fourth-order valence-corrected chi connectivity index (χ4v) is 3.60. The molecule has 0 radical (unpaired) electrons. The van der Waals surface area contributed by atoms with Crippen LogP contribution in [0.4, 0.5) is 0 Å². The van der Waals surface area contributed by atoms with Crippen LogP contribution in [0.2, 0.25) is 0 Å². The quantitative estimate of drug-likeness (QED) is 0.364. The fraction of sp³-hybridized carbons (Fsp3) is 0.714. The number of rotatable bonds is 10. The van der Waals surface area contributed by atoms with E-state index < -0.39 is 0 Å². The van der Waals surface area contributed by atoms with Crippen molar-refractivity contribution in [3.05, 3.63) is 23.7 Å². The van der Waals surface area contributed by atoms with Crippen LogP contribution >= 0.6 is 0 Å². The van der Waals surface area contributed by atoms with E-state index in [1.165, 1.54) is 13.0 Å². The molecular formula is C21H37N5O2. The van der Waals surface area contributed by atoms with Crippen molar-refractivity contribution in [1.82, 2.24) is 20.4 Å². The van der Waals surface area contributed by atoms with Crippen molar-refractivity contribution in [2.75, 3.05) is 52.4 Å². The molecule has 0 aromatic carbocycles. The molecule has 158 valence electrons. The van der Waals surface area contributed by atoms with E-state index in [4.69, 9.17) is 9.41 Å². The van der Waals surface area contributed by atoms with E-state index in [1.807, 2.05) is 6.92 Å². The SMILES string of the molecule is CCNC(=NCCCNC(=O)c1occc1C)N1CCC(CN(CC)CC)C1. The Morgan fingerprint density at radius 2 is 2.11 bits per heavy atom. The number of hydrogen-bond acceptors (Lipinski definition) is 4. The molecule has 1 aromatic heterocycles. The Labute approximate surface area is 169 Å². The lowest BCUT2D eigenvalue weighted by Crippen LogP contribution is -2.41. The van der Waals surface area contributed by atoms with Crippen molar-refractivity contribution in [1.29, 1.82) is 0 Å². The predicted octanol–water partition coefficient (Wildman–Crippen LogP) is 2.34. The van der Waals surface area contributed by atoms with Gasteiger partial charge in [0.15, 0.2) is 11.7 Å². The molecule has 1 unspecified atom stereocenters. The van der Waals surface area contributed by atoms with E-state index >= 15 is 0 Å². The first kappa shape index (κ1) is 22.3. The molecule has 2 rings (SSSR count). The minimum Gasteiger partial charge on any atom is -0.459 e. The summed E-state index contributed by atoms with van der Waals surface area (Å²) >= 11 is 0. The Bertz CT molecular complexity index is 624. The zero-order valence-corrected chi connectivity index (χ0v) is 18.0. The topological polar surface area (TPSA) is 73.1 Å². The van der Waals surface area contributed by atoms with Gasteiger partial charge in [-0.05, 0) is 51.8 Å². The number of aliphatic imine (C=N–C) groups is 1. The number of nitrogens with zero attached hydrogens (tertiary/aromatic N) is 3. The van der Waals surface area contributed by atoms with Crippen molar-refractivity contribution >= 4 is 11.9 Å². The van der Waals surface area contributed by atoms with E-state index in [0.717, 1.165) is 50.7 Å². The highest BCUT2D eigenvalue weighted by atomic mass is 16.3. The molecule has 7 nitrogen and oxygen atoms in total. The van der Waals surface area contributed by atoms with Crippen molar-refractivity contribution < 1.29 is 9.21 Å². The maximum Gasteiger partial charge on any atom is 0.287 e. The van der Waals surface area contributed by atoms with Gasteiger partial charge in [-0.2, -0.15) is 0 Å². The Kier molecular flexibility index (Phi) is 9.34. The molecule has 0 spiro atoms. The van der Waals surface area contributed by atoms with Gasteiger partial charge in [0.1, 0.15) is 0 Å². The summed E-state index contributed by atoms with van der Waals surface area (Å²) in [6, 6.07) is 1.80. The Hall–Kier alpha value is -2.02. The molecule has 1 atom stereocenters. The van der Waals surface area contributed by atoms with Crippen LogP contribution in [0.15, 0.2) is 21.7 Å². The van der Waals surface area contributed by atoms with Gasteiger partial charge in [0, 0.05) is 44.8 Å². The second-order valence-electron chi connectivity index (χ2n) is 7.36. The zero-order chi connectivity index (χ0) is 20.4. The molecule has 0 bridgehead atoms. The third kappa shape index (κ3) is 6.55. The van der Waals surface area contributed by atoms with Gasteiger partial charge in [-0.1, -0.05) is 13.8 Å². The molecule has 1 aliphatic rings. The summed E-state index contributed by atoms with van der Waals surface area (Å²) in [5.74, 6) is 1.95. The molecule has 1 amide bonds. The Morgan fingerprint density at radius 3 is 2.75 bits per heavy atom. The number of nitrogens with one attached hydrogen (secondary N) is 2. The van der Waals surface area contributed by atoms with Crippen LogP contribution in [-0.4, -0.2) is 74.0 Å². The molecule has 7 heteroatoms. The Morgan fingerprint density at radius 1 is 1.32 bits per heavy atom. The summed E-state index contributed by atoms with van der Waals surface area (Å²) in [6.45, 7) is 16.1. The molecule has 2 N–H and O–H groups in total. The number of furan rings is 1. The van der Waals surface area contributed by atoms with Gasteiger partial charge in [-0.25, -0.2) is 0 Å². The monoisotopic (exact) mass is 391 g/mol. The number of guanidine groups is 1. The second-order valence-corrected chi connectivity index (χ2v) is 7.36. The highest BCUT2D eigenvalue weighted by molar-refractivity contribution is 5.92. The normalized spacial score (nSPS) is 17.4. The fourth-order valence-electron chi connectivity index (χ4n) is 3.60. The van der Waals surface area contributed by atoms with Gasteiger partial charge in [0.05, 0.1) is 6.26 Å². The lowest BCUT2D eigenvalue weighted by atomic mass is 10.1. The summed E-state index contributed by atoms with van der Waals surface area (Å²) in [5, 5.41) is 6.32. The minimum absolute atomic E-state index is 0.155. The van der Waals surface area contributed by atoms with Crippen LogP contribution in [0.25, 0.3) is 0 Å². The van der Waals surface area contributed by atoms with Gasteiger partial charge in [-0.15, -0.1) is 0 Å². The molecule has 1 aliphatic heterocycles. The standard InChI is InChI=1S/C21H37N5O2/c1-5-22-21(26-13-9-18(16-26)15-25(6-2)7-3)24-12-8-11-23-20(27)19-17(4)10-14-28-19/h10,14,18H,5-9,11-13,15-16H2,1-4H3,(H,22,24)(H,23,27). The van der Waals surface area contributed by atoms with Crippen LogP contribution < -0.4 is 10.6 Å². The first-order chi connectivity index (χ1) is 13.6. The number of amides is 1. The highest BCUT2D eigenvalue weighted by Gasteiger charge is 2.25. The molecule has 1 fully saturated rings. The first-order valence-electron chi connectivity index (χ1n) is 10.7. The van der Waals surface area contributed by atoms with Gasteiger partial charge in [-0.3, -0.25) is 9.79 Å². The van der Waals surface area contributed by atoms with E-state index in [9.17, 15) is 4.79 Å². The van der Waals surface area contributed by atoms with E-state index in [0.29, 0.717) is 24.8 Å². The van der Waals surface area contributed by atoms with Crippen LogP contribution in [-0.2, 0) is 0 Å². The van der Waals surface area contributed by atoms with Crippen LogP contribution in [0.5, 0.6) is 0 Å². The summed E-state index contributed by atoms with van der Waals surface area (Å²) in [7, 11) is 0. The van der Waals surface area contributed by atoms with Crippen molar-refractivity contribution in [3.63, 3.8) is 0 Å². The Balaban J connectivity index is 1.76. The maximum atomic E-state index is 12.0. The number of carbonyl (C=O) groups is 1. The average molecular weight is 392 g/mol. The van der Waals surface area contributed by atoms with Gasteiger partial charge in [0.25, 0.3) is 5.91 Å². The number of likely N-dealkylation sites (tertiary alicyclic amines) is 1. The van der Waals surface area contributed by atoms with Crippen molar-refractivity contribution in [2.24, 2.45) is 10.9 Å². The number of carbonyl (C=O) groups excluding carboxylic acids is 1. The maximum absolute atomic E-state index is 12.0. The van der Waals surface area contributed by atoms with Gasteiger partial charge >= 0.3 is 0 Å².